The van der Waals surface area contributed by atoms with E-state index in [-0.39, 0.29) is 0 Å². The zero-order chi connectivity index (χ0) is 80.6. The van der Waals surface area contributed by atoms with Gasteiger partial charge in [-0.25, -0.2) is 103 Å². The standard InChI is InChI=1S/C18H18N6.3C12F6N6.C12H6N6/c1-7-13-16(22-10(4)19-7)14-8(2)21-12(6)24-18(14)15-9(3)20-11(5)23-17(13)15;13-7-1-4(19-10(16)22-7)2-6(21-12(18)24-9(2)15)3-5(1)20-11(17)23-8(3)14;13-3-1-5-6(20-12(18)11(17)19-5)2-4(14)10(16)24-22-8(2)7(1)21-23-9(3)15;13-7-1-3-4(20-10(16)9(15)19-3)2-6(5(1)21-11(17)23-7)22-12(18)24-8(2)14;1-7-10(16-4-13-1)8-2-15-6-18-12(8)9-3-14-5-17-11(7)9/h1-6H3;;;;1-6H. The van der Waals surface area contributed by atoms with Gasteiger partial charge in [0.05, 0.1) is 104 Å². The van der Waals surface area contributed by atoms with Crippen LogP contribution in [0.1, 0.15) is 34.6 Å². The van der Waals surface area contributed by atoms with Crippen molar-refractivity contribution in [3.63, 3.8) is 0 Å². The number of aryl methyl sites for hydroxylation is 6. The van der Waals surface area contributed by atoms with Crippen LogP contribution in [0.4, 0.5) is 79.0 Å². The fourth-order valence-corrected chi connectivity index (χ4v) is 12.7. The summed E-state index contributed by atoms with van der Waals surface area (Å²) in [5.41, 5.74) is 0.113. The summed E-state index contributed by atoms with van der Waals surface area (Å²) in [6.45, 7) is 11.7. The summed E-state index contributed by atoms with van der Waals surface area (Å²) in [6.07, 6.45) is 1.94. The van der Waals surface area contributed by atoms with Gasteiger partial charge in [-0.2, -0.15) is 105 Å². The normalized spacial score (nSPS) is 11.7. The van der Waals surface area contributed by atoms with Crippen molar-refractivity contribution in [3.8, 4) is 0 Å². The molecule has 48 heteroatoms. The second-order valence-corrected chi connectivity index (χ2v) is 23.7. The number of halogens is 18. The molecular weight excluding hydrogens is 1550 g/mol. The summed E-state index contributed by atoms with van der Waals surface area (Å²) in [4.78, 5) is 95.4. The zero-order valence-corrected chi connectivity index (χ0v) is 56.7. The summed E-state index contributed by atoms with van der Waals surface area (Å²) in [5, 5.41) is 12.6. The van der Waals surface area contributed by atoms with Crippen molar-refractivity contribution >= 4 is 164 Å². The third kappa shape index (κ3) is 12.1. The SMILES string of the molecule is Cc1nc(C)c2c(n1)c1c(C)nc(C)nc1c1c(C)nc(C)nc21.Fc1nc(F)c2c(n1)c1c(F)nc(F)nc1c1c(F)nc(F)nc21.Fc1nc(F)c2c(n1)c1nc(F)nc(F)c1c1nc(F)c(F)nc12.Fc1nc2c(nc1F)c1c(F)c(F)nnc1c1nnc(F)c(F)c12.c1ncc2c(n1)c1cncnc1c1cncnc21. The van der Waals surface area contributed by atoms with Crippen molar-refractivity contribution in [1.82, 2.24) is 150 Å². The molecule has 0 radical (unpaired) electrons. The predicted molar refractivity (Wildman–Crippen MR) is 356 cm³/mol. The zero-order valence-electron chi connectivity index (χ0n) is 56.7. The van der Waals surface area contributed by atoms with Gasteiger partial charge in [0.15, 0.2) is 11.6 Å². The number of benzene rings is 5. The Morgan fingerprint density at radius 2 is 0.412 bits per heavy atom. The van der Waals surface area contributed by atoms with E-state index < -0.39 is 206 Å². The average molecular weight is 1580 g/mol. The third-order valence-corrected chi connectivity index (χ3v) is 16.9. The van der Waals surface area contributed by atoms with E-state index in [9.17, 15) is 79.0 Å². The number of hydrogen-bond acceptors (Lipinski definition) is 30. The fourth-order valence-electron chi connectivity index (χ4n) is 12.7. The van der Waals surface area contributed by atoms with Crippen molar-refractivity contribution in [2.24, 2.45) is 0 Å². The molecule has 0 aliphatic heterocycles. The van der Waals surface area contributed by atoms with E-state index in [4.69, 9.17) is 15.0 Å². The molecule has 0 spiro atoms. The van der Waals surface area contributed by atoms with Gasteiger partial charge in [0.2, 0.25) is 29.7 Å². The van der Waals surface area contributed by atoms with Crippen LogP contribution >= 0.6 is 0 Å². The Labute approximate surface area is 612 Å². The van der Waals surface area contributed by atoms with Crippen LogP contribution in [0.15, 0.2) is 37.6 Å². The maximum Gasteiger partial charge on any atom is 0.311 e. The van der Waals surface area contributed by atoms with Crippen LogP contribution in [0, 0.1) is 149 Å². The predicted octanol–water partition coefficient (Wildman–Crippen LogP) is 11.9. The second-order valence-electron chi connectivity index (χ2n) is 23.7. The topological polar surface area (TPSA) is 387 Å². The van der Waals surface area contributed by atoms with Crippen LogP contribution in [0.2, 0.25) is 0 Å². The summed E-state index contributed by atoms with van der Waals surface area (Å²) >= 11 is 0. The van der Waals surface area contributed by atoms with E-state index in [1.165, 1.54) is 19.0 Å². The second kappa shape index (κ2) is 27.5. The molecule has 30 nitrogen and oxygen atoms in total. The van der Waals surface area contributed by atoms with Gasteiger partial charge in [-0.1, -0.05) is 0 Å². The third-order valence-electron chi connectivity index (χ3n) is 16.9. The summed E-state index contributed by atoms with van der Waals surface area (Å²) in [7, 11) is 0. The molecule has 20 rings (SSSR count). The van der Waals surface area contributed by atoms with Gasteiger partial charge in [-0.15, -0.1) is 20.4 Å². The molecule has 0 N–H and O–H groups in total. The van der Waals surface area contributed by atoms with E-state index in [0.717, 1.165) is 100.0 Å². The van der Waals surface area contributed by atoms with Crippen molar-refractivity contribution in [3.05, 3.63) is 180 Å². The van der Waals surface area contributed by atoms with Crippen LogP contribution in [0.5, 0.6) is 0 Å². The molecule has 0 bridgehead atoms. The molecule has 0 aliphatic carbocycles. The first kappa shape index (κ1) is 73.1. The molecule has 15 heterocycles. The van der Waals surface area contributed by atoms with Gasteiger partial charge in [0.1, 0.15) is 80.6 Å². The number of hydrogen-bond donors (Lipinski definition) is 0. The highest BCUT2D eigenvalue weighted by atomic mass is 19.2. The Morgan fingerprint density at radius 1 is 0.184 bits per heavy atom. The number of rotatable bonds is 0. The lowest BCUT2D eigenvalue weighted by atomic mass is 10.0. The maximum absolute atomic E-state index is 14.1. The molecule has 0 saturated heterocycles. The Morgan fingerprint density at radius 3 is 0.684 bits per heavy atom. The van der Waals surface area contributed by atoms with E-state index >= 15 is 0 Å². The number of nitrogens with zero attached hydrogens (tertiary/aromatic N) is 30. The minimum absolute atomic E-state index is 0.567. The summed E-state index contributed by atoms with van der Waals surface area (Å²) in [5.74, 6) is -18.9. The van der Waals surface area contributed by atoms with Crippen molar-refractivity contribution in [2.45, 2.75) is 41.5 Å². The lowest BCUT2D eigenvalue weighted by molar-refractivity contribution is 0.458. The van der Waals surface area contributed by atoms with Gasteiger partial charge in [-0.05, 0) is 41.5 Å². The Kier molecular flexibility index (Phi) is 17.6. The summed E-state index contributed by atoms with van der Waals surface area (Å²) in [6, 6.07) is 0. The van der Waals surface area contributed by atoms with Gasteiger partial charge in [-0.3, -0.25) is 0 Å². The lowest BCUT2D eigenvalue weighted by Crippen LogP contribution is -2.05. The molecule has 0 aliphatic rings. The molecular formula is C66H24F18N30. The molecule has 0 fully saturated rings. The smallest absolute Gasteiger partial charge is 0.244 e. The monoisotopic (exact) mass is 1580 g/mol. The number of fused-ring (bicyclic) bond motifs is 30. The highest BCUT2D eigenvalue weighted by molar-refractivity contribution is 6.26. The van der Waals surface area contributed by atoms with Gasteiger partial charge in [0.25, 0.3) is 35.7 Å². The maximum atomic E-state index is 14.1. The quantitative estimate of drug-likeness (QED) is 0.0589. The van der Waals surface area contributed by atoms with Crippen molar-refractivity contribution < 1.29 is 79.0 Å². The Balaban J connectivity index is 0.000000108. The first-order valence-corrected chi connectivity index (χ1v) is 31.5. The largest absolute Gasteiger partial charge is 0.311 e. The Bertz CT molecular complexity index is 6720. The molecule has 564 valence electrons. The van der Waals surface area contributed by atoms with Crippen LogP contribution in [-0.4, -0.2) is 150 Å². The van der Waals surface area contributed by atoms with Crippen LogP contribution in [-0.2, 0) is 0 Å². The highest BCUT2D eigenvalue weighted by Crippen LogP contribution is 2.40. The van der Waals surface area contributed by atoms with Crippen LogP contribution in [0.3, 0.4) is 0 Å². The van der Waals surface area contributed by atoms with E-state index in [1.807, 2.05) is 41.5 Å². The first-order chi connectivity index (χ1) is 54.4. The van der Waals surface area contributed by atoms with E-state index in [0.29, 0.717) is 0 Å². The highest BCUT2D eigenvalue weighted by Gasteiger charge is 2.30. The average Bonchev–Trinajstić information content (AvgIpc) is 0.800. The first-order valence-electron chi connectivity index (χ1n) is 31.5. The van der Waals surface area contributed by atoms with Crippen LogP contribution < -0.4 is 0 Å². The van der Waals surface area contributed by atoms with Gasteiger partial charge < -0.3 is 0 Å². The molecule has 114 heavy (non-hydrogen) atoms. The Hall–Kier alpha value is -15.1. The lowest BCUT2D eigenvalue weighted by Gasteiger charge is -2.14. The molecule has 0 atom stereocenters. The molecule has 0 unspecified atom stereocenters. The van der Waals surface area contributed by atoms with E-state index in [2.05, 4.69) is 135 Å². The molecule has 15 aromatic heterocycles. The molecule has 0 amide bonds. The van der Waals surface area contributed by atoms with Gasteiger partial charge in [0, 0.05) is 50.9 Å². The molecule has 0 saturated carbocycles. The van der Waals surface area contributed by atoms with Crippen molar-refractivity contribution in [1.29, 1.82) is 0 Å². The van der Waals surface area contributed by atoms with Gasteiger partial charge >= 0.3 is 30.4 Å². The minimum Gasteiger partial charge on any atom is -0.244 e. The molecule has 20 aromatic rings. The summed E-state index contributed by atoms with van der Waals surface area (Å²) < 4.78 is 245. The number of aromatic nitrogens is 30. The fraction of sp³-hybridized carbons (Fsp3) is 0.0909. The minimum atomic E-state index is -1.75. The van der Waals surface area contributed by atoms with Crippen molar-refractivity contribution in [2.75, 3.05) is 0 Å². The molecule has 5 aromatic carbocycles. The van der Waals surface area contributed by atoms with E-state index in [1.54, 1.807) is 18.6 Å². The van der Waals surface area contributed by atoms with Crippen LogP contribution in [0.25, 0.3) is 164 Å².